The molecule has 1 heterocycles. The minimum Gasteiger partial charge on any atom is -0.469 e. The van der Waals surface area contributed by atoms with E-state index in [9.17, 15) is 9.59 Å². The van der Waals surface area contributed by atoms with Crippen LogP contribution in [0.2, 0.25) is 0 Å². The number of hydrogen-bond acceptors (Lipinski definition) is 4. The summed E-state index contributed by atoms with van der Waals surface area (Å²) in [4.78, 5) is 25.4. The van der Waals surface area contributed by atoms with E-state index in [-0.39, 0.29) is 24.4 Å². The highest BCUT2D eigenvalue weighted by atomic mass is 16.5. The molecule has 1 aromatic carbocycles. The lowest BCUT2D eigenvalue weighted by Gasteiger charge is -2.32. The topological polar surface area (TPSA) is 55.8 Å². The van der Waals surface area contributed by atoms with Crippen LogP contribution >= 0.6 is 0 Å². The minimum atomic E-state index is -0.320. The second kappa shape index (κ2) is 6.52. The van der Waals surface area contributed by atoms with Gasteiger partial charge in [0, 0.05) is 18.7 Å². The Kier molecular flexibility index (Phi) is 4.74. The Morgan fingerprint density at radius 2 is 2.25 bits per heavy atom. The first-order valence-electron chi connectivity index (χ1n) is 6.64. The third kappa shape index (κ3) is 3.57. The average Bonchev–Trinajstić information content (AvgIpc) is 2.46. The molecule has 5 heteroatoms. The summed E-state index contributed by atoms with van der Waals surface area (Å²) in [5, 5.41) is 0. The van der Waals surface area contributed by atoms with Gasteiger partial charge in [-0.15, -0.1) is 0 Å². The molecule has 1 aliphatic rings. The molecule has 5 nitrogen and oxygen atoms in total. The zero-order valence-corrected chi connectivity index (χ0v) is 11.8. The number of nitrogens with zero attached hydrogens (tertiary/aromatic N) is 1. The number of methoxy groups -OCH3 is 1. The van der Waals surface area contributed by atoms with Gasteiger partial charge in [0.25, 0.3) is 5.91 Å². The number of esters is 1. The number of ether oxygens (including phenoxy) is 2. The summed E-state index contributed by atoms with van der Waals surface area (Å²) in [6.45, 7) is 3.36. The number of hydrogen-bond donors (Lipinski definition) is 0. The van der Waals surface area contributed by atoms with Crippen molar-refractivity contribution in [2.75, 3.05) is 26.8 Å². The van der Waals surface area contributed by atoms with Crippen molar-refractivity contribution in [3.8, 4) is 0 Å². The van der Waals surface area contributed by atoms with Gasteiger partial charge in [-0.05, 0) is 19.1 Å². The molecule has 0 saturated carbocycles. The second-order valence-electron chi connectivity index (χ2n) is 4.89. The molecule has 0 N–H and O–H groups in total. The molecule has 20 heavy (non-hydrogen) atoms. The van der Waals surface area contributed by atoms with Gasteiger partial charge in [0.2, 0.25) is 0 Å². The molecule has 2 rings (SSSR count). The van der Waals surface area contributed by atoms with E-state index >= 15 is 0 Å². The molecule has 0 bridgehead atoms. The SMILES string of the molecule is COC(=O)CC1CN(C(=O)c2cccc(C)c2)CCO1. The van der Waals surface area contributed by atoms with E-state index in [1.807, 2.05) is 25.1 Å². The van der Waals surface area contributed by atoms with Crippen LogP contribution in [0, 0.1) is 6.92 Å². The number of amides is 1. The molecule has 0 aliphatic carbocycles. The molecule has 1 unspecified atom stereocenters. The Balaban J connectivity index is 2.01. The van der Waals surface area contributed by atoms with Crippen molar-refractivity contribution in [3.05, 3.63) is 35.4 Å². The molecule has 1 atom stereocenters. The summed E-state index contributed by atoms with van der Waals surface area (Å²) in [6, 6.07) is 7.50. The number of benzene rings is 1. The van der Waals surface area contributed by atoms with Gasteiger partial charge in [-0.3, -0.25) is 9.59 Å². The van der Waals surface area contributed by atoms with Crippen LogP contribution in [0.15, 0.2) is 24.3 Å². The molecule has 0 spiro atoms. The summed E-state index contributed by atoms with van der Waals surface area (Å²) in [7, 11) is 1.35. The quantitative estimate of drug-likeness (QED) is 0.784. The maximum Gasteiger partial charge on any atom is 0.308 e. The molecule has 1 fully saturated rings. The highest BCUT2D eigenvalue weighted by Gasteiger charge is 2.26. The summed E-state index contributed by atoms with van der Waals surface area (Å²) < 4.78 is 10.1. The Morgan fingerprint density at radius 1 is 1.45 bits per heavy atom. The Labute approximate surface area is 118 Å². The fourth-order valence-corrected chi connectivity index (χ4v) is 2.26. The standard InChI is InChI=1S/C15H19NO4/c1-11-4-3-5-12(8-11)15(18)16-6-7-20-13(10-16)9-14(17)19-2/h3-5,8,13H,6-7,9-10H2,1-2H3. The fraction of sp³-hybridized carbons (Fsp3) is 0.467. The predicted octanol–water partition coefficient (Wildman–Crippen LogP) is 1.40. The van der Waals surface area contributed by atoms with Gasteiger partial charge >= 0.3 is 5.97 Å². The molecule has 108 valence electrons. The van der Waals surface area contributed by atoms with E-state index in [1.165, 1.54) is 7.11 Å². The van der Waals surface area contributed by atoms with E-state index in [0.29, 0.717) is 25.3 Å². The van der Waals surface area contributed by atoms with Gasteiger partial charge in [-0.2, -0.15) is 0 Å². The van der Waals surface area contributed by atoms with E-state index in [2.05, 4.69) is 4.74 Å². The zero-order valence-electron chi connectivity index (χ0n) is 11.8. The van der Waals surface area contributed by atoms with Crippen molar-refractivity contribution in [1.82, 2.24) is 4.90 Å². The van der Waals surface area contributed by atoms with Crippen molar-refractivity contribution in [2.45, 2.75) is 19.4 Å². The maximum absolute atomic E-state index is 12.4. The van der Waals surface area contributed by atoms with Crippen molar-refractivity contribution in [3.63, 3.8) is 0 Å². The first kappa shape index (κ1) is 14.5. The van der Waals surface area contributed by atoms with Gasteiger partial charge in [0.1, 0.15) is 0 Å². The van der Waals surface area contributed by atoms with Gasteiger partial charge < -0.3 is 14.4 Å². The van der Waals surface area contributed by atoms with E-state index in [4.69, 9.17) is 4.74 Å². The lowest BCUT2D eigenvalue weighted by atomic mass is 10.1. The van der Waals surface area contributed by atoms with Crippen LogP contribution in [0.5, 0.6) is 0 Å². The van der Waals surface area contributed by atoms with Crippen LogP contribution < -0.4 is 0 Å². The lowest BCUT2D eigenvalue weighted by Crippen LogP contribution is -2.46. The number of carbonyl (C=O) groups excluding carboxylic acids is 2. The first-order valence-corrected chi connectivity index (χ1v) is 6.64. The van der Waals surface area contributed by atoms with Gasteiger partial charge in [-0.25, -0.2) is 0 Å². The van der Waals surface area contributed by atoms with Gasteiger partial charge in [0.15, 0.2) is 0 Å². The molecule has 1 amide bonds. The Hall–Kier alpha value is -1.88. The van der Waals surface area contributed by atoms with Crippen LogP contribution in [0.1, 0.15) is 22.3 Å². The molecule has 0 aromatic heterocycles. The van der Waals surface area contributed by atoms with Gasteiger partial charge in [-0.1, -0.05) is 17.7 Å². The average molecular weight is 277 g/mol. The number of aryl methyl sites for hydroxylation is 1. The first-order chi connectivity index (χ1) is 9.60. The summed E-state index contributed by atoms with van der Waals surface area (Å²) in [5.74, 6) is -0.341. The summed E-state index contributed by atoms with van der Waals surface area (Å²) >= 11 is 0. The highest BCUT2D eigenvalue weighted by Crippen LogP contribution is 2.14. The van der Waals surface area contributed by atoms with Crippen LogP contribution in [-0.4, -0.2) is 49.7 Å². The third-order valence-corrected chi connectivity index (χ3v) is 3.31. The normalized spacial score (nSPS) is 18.7. The molecule has 1 saturated heterocycles. The molecule has 1 aliphatic heterocycles. The summed E-state index contributed by atoms with van der Waals surface area (Å²) in [6.07, 6.45) is -0.112. The van der Waals surface area contributed by atoms with E-state index in [0.717, 1.165) is 5.56 Å². The maximum atomic E-state index is 12.4. The van der Waals surface area contributed by atoms with Gasteiger partial charge in [0.05, 0.1) is 26.2 Å². The summed E-state index contributed by atoms with van der Waals surface area (Å²) in [5.41, 5.74) is 1.72. The lowest BCUT2D eigenvalue weighted by molar-refractivity contribution is -0.145. The molecule has 0 radical (unpaired) electrons. The third-order valence-electron chi connectivity index (χ3n) is 3.31. The minimum absolute atomic E-state index is 0.0214. The Bertz CT molecular complexity index is 500. The predicted molar refractivity (Wildman–Crippen MR) is 73.5 cm³/mol. The zero-order chi connectivity index (χ0) is 14.5. The van der Waals surface area contributed by atoms with Crippen molar-refractivity contribution in [2.24, 2.45) is 0 Å². The van der Waals surface area contributed by atoms with Crippen LogP contribution in [0.4, 0.5) is 0 Å². The van der Waals surface area contributed by atoms with Crippen LogP contribution in [-0.2, 0) is 14.3 Å². The van der Waals surface area contributed by atoms with E-state index in [1.54, 1.807) is 11.0 Å². The van der Waals surface area contributed by atoms with Crippen LogP contribution in [0.25, 0.3) is 0 Å². The van der Waals surface area contributed by atoms with Crippen LogP contribution in [0.3, 0.4) is 0 Å². The second-order valence-corrected chi connectivity index (χ2v) is 4.89. The number of carbonyl (C=O) groups is 2. The molecular formula is C15H19NO4. The van der Waals surface area contributed by atoms with Crippen molar-refractivity contribution < 1.29 is 19.1 Å². The Morgan fingerprint density at radius 3 is 2.95 bits per heavy atom. The van der Waals surface area contributed by atoms with Crippen molar-refractivity contribution in [1.29, 1.82) is 0 Å². The highest BCUT2D eigenvalue weighted by molar-refractivity contribution is 5.94. The largest absolute Gasteiger partial charge is 0.469 e. The smallest absolute Gasteiger partial charge is 0.308 e. The number of rotatable bonds is 3. The van der Waals surface area contributed by atoms with E-state index < -0.39 is 0 Å². The molecule has 1 aromatic rings. The number of morpholine rings is 1. The monoisotopic (exact) mass is 277 g/mol. The molecular weight excluding hydrogens is 258 g/mol. The van der Waals surface area contributed by atoms with Crippen molar-refractivity contribution >= 4 is 11.9 Å². The fourth-order valence-electron chi connectivity index (χ4n) is 2.26.